The molecule has 2 rings (SSSR count). The summed E-state index contributed by atoms with van der Waals surface area (Å²) >= 11 is 13.7. The molecule has 1 N–H and O–H groups in total. The van der Waals surface area contributed by atoms with E-state index in [1.807, 2.05) is 30.3 Å². The molecule has 0 radical (unpaired) electrons. The van der Waals surface area contributed by atoms with Gasteiger partial charge in [0.1, 0.15) is 5.82 Å². The van der Waals surface area contributed by atoms with Gasteiger partial charge in [-0.2, -0.15) is 0 Å². The number of nitrogens with one attached hydrogen (secondary N) is 1. The first-order valence-corrected chi connectivity index (χ1v) is 7.71. The minimum absolute atomic E-state index is 0.696. The van der Waals surface area contributed by atoms with Gasteiger partial charge < -0.3 is 5.32 Å². The molecule has 0 unspecified atom stereocenters. The number of hydrogen-bond donors (Lipinski definition) is 1. The van der Waals surface area contributed by atoms with Crippen molar-refractivity contribution in [3.8, 4) is 0 Å². The first kappa shape index (κ1) is 14.5. The first-order chi connectivity index (χ1) is 9.19. The lowest BCUT2D eigenvalue weighted by Gasteiger charge is -2.07. The van der Waals surface area contributed by atoms with Crippen molar-refractivity contribution in [3.05, 3.63) is 52.1 Å². The molecular formula is C14H14Cl2N2S. The van der Waals surface area contributed by atoms with Gasteiger partial charge in [0.2, 0.25) is 0 Å². The van der Waals surface area contributed by atoms with Crippen LogP contribution in [-0.4, -0.2) is 11.5 Å². The van der Waals surface area contributed by atoms with Gasteiger partial charge in [0.05, 0.1) is 10.7 Å². The molecule has 0 bridgehead atoms. The normalized spacial score (nSPS) is 10.5. The Morgan fingerprint density at radius 3 is 2.84 bits per heavy atom. The number of hydrogen-bond acceptors (Lipinski definition) is 3. The Labute approximate surface area is 127 Å². The number of rotatable bonds is 5. The third-order valence-electron chi connectivity index (χ3n) is 2.43. The highest BCUT2D eigenvalue weighted by molar-refractivity contribution is 7.98. The van der Waals surface area contributed by atoms with E-state index in [4.69, 9.17) is 23.2 Å². The van der Waals surface area contributed by atoms with E-state index >= 15 is 0 Å². The van der Waals surface area contributed by atoms with Crippen molar-refractivity contribution in [1.29, 1.82) is 0 Å². The van der Waals surface area contributed by atoms with Crippen LogP contribution in [-0.2, 0) is 5.75 Å². The summed E-state index contributed by atoms with van der Waals surface area (Å²) in [6, 6.07) is 11.5. The van der Waals surface area contributed by atoms with Gasteiger partial charge >= 0.3 is 0 Å². The number of thioether (sulfide) groups is 1. The highest BCUT2D eigenvalue weighted by Gasteiger charge is 2.04. The third-order valence-corrected chi connectivity index (χ3v) is 4.20. The standard InChI is InChI=1S/C14H14Cl2N2S/c1-2-17-14-5-3-4-11(18-14)9-19-13-8-10(15)6-7-12(13)16/h3-8H,2,9H2,1H3,(H,17,18). The van der Waals surface area contributed by atoms with Crippen molar-refractivity contribution in [2.24, 2.45) is 0 Å². The van der Waals surface area contributed by atoms with Crippen molar-refractivity contribution >= 4 is 40.8 Å². The molecule has 1 aromatic heterocycles. The molecule has 0 aliphatic rings. The Bertz CT molecular complexity index is 561. The molecule has 2 nitrogen and oxygen atoms in total. The van der Waals surface area contributed by atoms with E-state index in [0.29, 0.717) is 5.02 Å². The predicted octanol–water partition coefficient (Wildman–Crippen LogP) is 5.11. The summed E-state index contributed by atoms with van der Waals surface area (Å²) in [6.45, 7) is 2.92. The van der Waals surface area contributed by atoms with Gasteiger partial charge in [0.15, 0.2) is 0 Å². The molecule has 0 saturated heterocycles. The van der Waals surface area contributed by atoms with Crippen LogP contribution in [0.3, 0.4) is 0 Å². The number of benzene rings is 1. The van der Waals surface area contributed by atoms with Gasteiger partial charge in [0, 0.05) is 22.2 Å². The molecule has 0 spiro atoms. The van der Waals surface area contributed by atoms with Crippen LogP contribution < -0.4 is 5.32 Å². The largest absolute Gasteiger partial charge is 0.370 e. The Balaban J connectivity index is 2.05. The van der Waals surface area contributed by atoms with Gasteiger partial charge in [-0.05, 0) is 37.3 Å². The Hall–Kier alpha value is -0.900. The summed E-state index contributed by atoms with van der Waals surface area (Å²) in [5.74, 6) is 1.66. The van der Waals surface area contributed by atoms with E-state index in [-0.39, 0.29) is 0 Å². The van der Waals surface area contributed by atoms with E-state index in [0.717, 1.165) is 33.7 Å². The van der Waals surface area contributed by atoms with E-state index in [1.54, 1.807) is 17.8 Å². The molecular weight excluding hydrogens is 299 g/mol. The lowest BCUT2D eigenvalue weighted by Crippen LogP contribution is -2.00. The van der Waals surface area contributed by atoms with Gasteiger partial charge in [0.25, 0.3) is 0 Å². The van der Waals surface area contributed by atoms with E-state index in [2.05, 4.69) is 17.2 Å². The zero-order chi connectivity index (χ0) is 13.7. The fourth-order valence-electron chi connectivity index (χ4n) is 1.58. The quantitative estimate of drug-likeness (QED) is 0.776. The number of aromatic nitrogens is 1. The van der Waals surface area contributed by atoms with Crippen LogP contribution in [0.1, 0.15) is 12.6 Å². The van der Waals surface area contributed by atoms with Crippen LogP contribution in [0.25, 0.3) is 0 Å². The second-order valence-corrected chi connectivity index (χ2v) is 5.77. The number of anilines is 1. The second-order valence-electron chi connectivity index (χ2n) is 3.91. The fourth-order valence-corrected chi connectivity index (χ4v) is 2.98. The van der Waals surface area contributed by atoms with E-state index in [1.165, 1.54) is 0 Å². The summed E-state index contributed by atoms with van der Waals surface area (Å²) in [6.07, 6.45) is 0. The van der Waals surface area contributed by atoms with Crippen LogP contribution >= 0.6 is 35.0 Å². The average molecular weight is 313 g/mol. The Kier molecular flexibility index (Phi) is 5.37. The first-order valence-electron chi connectivity index (χ1n) is 5.96. The molecule has 0 fully saturated rings. The molecule has 0 atom stereocenters. The molecule has 0 aliphatic carbocycles. The lowest BCUT2D eigenvalue weighted by molar-refractivity contribution is 1.11. The maximum atomic E-state index is 6.13. The molecule has 5 heteroatoms. The highest BCUT2D eigenvalue weighted by atomic mass is 35.5. The molecule has 2 aromatic rings. The highest BCUT2D eigenvalue weighted by Crippen LogP contribution is 2.31. The molecule has 19 heavy (non-hydrogen) atoms. The van der Waals surface area contributed by atoms with E-state index in [9.17, 15) is 0 Å². The van der Waals surface area contributed by atoms with Gasteiger partial charge in [-0.25, -0.2) is 4.98 Å². The number of nitrogens with zero attached hydrogens (tertiary/aromatic N) is 1. The molecule has 100 valence electrons. The van der Waals surface area contributed by atoms with Crippen molar-refractivity contribution in [1.82, 2.24) is 4.98 Å². The van der Waals surface area contributed by atoms with Crippen LogP contribution in [0.5, 0.6) is 0 Å². The summed E-state index contributed by atoms with van der Waals surface area (Å²) < 4.78 is 0. The van der Waals surface area contributed by atoms with E-state index < -0.39 is 0 Å². The molecule has 1 heterocycles. The zero-order valence-electron chi connectivity index (χ0n) is 10.5. The summed E-state index contributed by atoms with van der Waals surface area (Å²) in [7, 11) is 0. The minimum Gasteiger partial charge on any atom is -0.370 e. The summed E-state index contributed by atoms with van der Waals surface area (Å²) in [4.78, 5) is 5.50. The smallest absolute Gasteiger partial charge is 0.126 e. The van der Waals surface area contributed by atoms with Gasteiger partial charge in [-0.1, -0.05) is 29.3 Å². The van der Waals surface area contributed by atoms with Crippen LogP contribution in [0, 0.1) is 0 Å². The van der Waals surface area contributed by atoms with Gasteiger partial charge in [-0.15, -0.1) is 11.8 Å². The predicted molar refractivity (Wildman–Crippen MR) is 84.4 cm³/mol. The molecule has 0 saturated carbocycles. The van der Waals surface area contributed by atoms with Crippen LogP contribution in [0.4, 0.5) is 5.82 Å². The van der Waals surface area contributed by atoms with Crippen molar-refractivity contribution in [2.45, 2.75) is 17.6 Å². The van der Waals surface area contributed by atoms with Crippen molar-refractivity contribution < 1.29 is 0 Å². The zero-order valence-corrected chi connectivity index (χ0v) is 12.8. The average Bonchev–Trinajstić information content (AvgIpc) is 2.41. The maximum absolute atomic E-state index is 6.13. The summed E-state index contributed by atoms with van der Waals surface area (Å²) in [5, 5.41) is 4.61. The van der Waals surface area contributed by atoms with Crippen LogP contribution in [0.15, 0.2) is 41.3 Å². The number of halogens is 2. The maximum Gasteiger partial charge on any atom is 0.126 e. The minimum atomic E-state index is 0.696. The molecule has 0 aliphatic heterocycles. The van der Waals surface area contributed by atoms with Crippen LogP contribution in [0.2, 0.25) is 10.0 Å². The Morgan fingerprint density at radius 2 is 2.05 bits per heavy atom. The monoisotopic (exact) mass is 312 g/mol. The third kappa shape index (κ3) is 4.30. The second kappa shape index (κ2) is 7.04. The Morgan fingerprint density at radius 1 is 1.21 bits per heavy atom. The molecule has 0 amide bonds. The summed E-state index contributed by atoms with van der Waals surface area (Å²) in [5.41, 5.74) is 1.01. The van der Waals surface area contributed by atoms with Crippen molar-refractivity contribution in [2.75, 3.05) is 11.9 Å². The fraction of sp³-hybridized carbons (Fsp3) is 0.214. The number of pyridine rings is 1. The van der Waals surface area contributed by atoms with Crippen molar-refractivity contribution in [3.63, 3.8) is 0 Å². The van der Waals surface area contributed by atoms with Gasteiger partial charge in [-0.3, -0.25) is 0 Å². The lowest BCUT2D eigenvalue weighted by atomic mass is 10.3. The topological polar surface area (TPSA) is 24.9 Å². The molecule has 1 aromatic carbocycles. The SMILES string of the molecule is CCNc1cccc(CSc2cc(Cl)ccc2Cl)n1.